The first-order valence-electron chi connectivity index (χ1n) is 3.65. The molecule has 72 valence electrons. The van der Waals surface area contributed by atoms with Crippen molar-refractivity contribution in [3.8, 4) is 6.07 Å². The van der Waals surface area contributed by atoms with E-state index >= 15 is 0 Å². The molecule has 0 aliphatic carbocycles. The molecule has 1 N–H and O–H groups in total. The first kappa shape index (κ1) is 10.9. The van der Waals surface area contributed by atoms with Gasteiger partial charge in [0, 0.05) is 10.8 Å². The molecule has 0 spiro atoms. The molecule has 0 saturated carbocycles. The van der Waals surface area contributed by atoms with Crippen LogP contribution in [0.5, 0.6) is 0 Å². The van der Waals surface area contributed by atoms with Crippen molar-refractivity contribution < 1.29 is 9.90 Å². The Bertz CT molecular complexity index is 426. The highest BCUT2D eigenvalue weighted by Crippen LogP contribution is 2.22. The molecule has 3 nitrogen and oxygen atoms in total. The van der Waals surface area contributed by atoms with Crippen LogP contribution in [0.3, 0.4) is 0 Å². The largest absolute Gasteiger partial charge is 0.478 e. The smallest absolute Gasteiger partial charge is 0.335 e. The zero-order valence-corrected chi connectivity index (χ0v) is 8.64. The lowest BCUT2D eigenvalue weighted by Gasteiger charge is -2.04. The average molecular weight is 228 g/mol. The maximum Gasteiger partial charge on any atom is 0.335 e. The van der Waals surface area contributed by atoms with Crippen LogP contribution in [0.1, 0.15) is 21.5 Å². The van der Waals surface area contributed by atoms with Crippen LogP contribution in [0.4, 0.5) is 0 Å². The van der Waals surface area contributed by atoms with Gasteiger partial charge in [-0.3, -0.25) is 0 Å². The van der Waals surface area contributed by atoms with Crippen LogP contribution in [0.25, 0.3) is 0 Å². The Kier molecular flexibility index (Phi) is 3.39. The van der Waals surface area contributed by atoms with E-state index < -0.39 is 5.97 Å². The first-order valence-corrected chi connectivity index (χ1v) is 4.63. The minimum Gasteiger partial charge on any atom is -0.478 e. The molecule has 0 atom stereocenters. The fraction of sp³-hybridized carbons (Fsp3) is 0.111. The number of carboxylic acid groups (broad SMARTS) is 1. The van der Waals surface area contributed by atoms with Gasteiger partial charge in [-0.05, 0) is 17.7 Å². The van der Waals surface area contributed by atoms with Crippen molar-refractivity contribution in [1.82, 2.24) is 0 Å². The highest BCUT2D eigenvalue weighted by atomic mass is 35.5. The van der Waals surface area contributed by atoms with Crippen LogP contribution >= 0.6 is 24.2 Å². The second-order valence-corrected chi connectivity index (χ2v) is 3.30. The van der Waals surface area contributed by atoms with E-state index in [0.29, 0.717) is 10.5 Å². The van der Waals surface area contributed by atoms with Gasteiger partial charge in [0.15, 0.2) is 0 Å². The Hall–Kier alpha value is -1.18. The Morgan fingerprint density at radius 2 is 2.29 bits per heavy atom. The lowest BCUT2D eigenvalue weighted by atomic mass is 10.1. The summed E-state index contributed by atoms with van der Waals surface area (Å²) in [5.74, 6) is -0.949. The summed E-state index contributed by atoms with van der Waals surface area (Å²) in [4.78, 5) is 11.1. The van der Waals surface area contributed by atoms with E-state index in [4.69, 9.17) is 22.0 Å². The molecule has 0 fully saturated rings. The van der Waals surface area contributed by atoms with Crippen molar-refractivity contribution in [2.24, 2.45) is 0 Å². The van der Waals surface area contributed by atoms with Crippen molar-refractivity contribution in [2.75, 3.05) is 0 Å². The second kappa shape index (κ2) is 4.36. The lowest BCUT2D eigenvalue weighted by molar-refractivity contribution is 0.0696. The highest BCUT2D eigenvalue weighted by molar-refractivity contribution is 7.80. The van der Waals surface area contributed by atoms with Gasteiger partial charge in [0.05, 0.1) is 11.1 Å². The van der Waals surface area contributed by atoms with E-state index in [-0.39, 0.29) is 17.0 Å². The maximum absolute atomic E-state index is 10.7. The van der Waals surface area contributed by atoms with Gasteiger partial charge in [0.1, 0.15) is 6.07 Å². The third kappa shape index (κ3) is 2.00. The van der Waals surface area contributed by atoms with E-state index in [9.17, 15) is 4.79 Å². The van der Waals surface area contributed by atoms with E-state index in [2.05, 4.69) is 12.6 Å². The van der Waals surface area contributed by atoms with Gasteiger partial charge >= 0.3 is 5.97 Å². The Morgan fingerprint density at radius 1 is 1.64 bits per heavy atom. The molecular weight excluding hydrogens is 222 g/mol. The number of carboxylic acids is 1. The molecule has 1 aromatic carbocycles. The third-order valence-electron chi connectivity index (χ3n) is 1.70. The van der Waals surface area contributed by atoms with Gasteiger partial charge in [-0.2, -0.15) is 5.26 Å². The number of hydrogen-bond donors (Lipinski definition) is 2. The summed E-state index contributed by atoms with van der Waals surface area (Å²) in [6.45, 7) is 0. The summed E-state index contributed by atoms with van der Waals surface area (Å²) in [6.07, 6.45) is 0. The van der Waals surface area contributed by atoms with Crippen molar-refractivity contribution in [1.29, 1.82) is 5.26 Å². The van der Waals surface area contributed by atoms with Crippen molar-refractivity contribution in [2.45, 2.75) is 10.8 Å². The van der Waals surface area contributed by atoms with Gasteiger partial charge in [-0.1, -0.05) is 0 Å². The van der Waals surface area contributed by atoms with Crippen LogP contribution in [0, 0.1) is 11.3 Å². The number of carbonyl (C=O) groups is 1. The molecule has 0 unspecified atom stereocenters. The van der Waals surface area contributed by atoms with Crippen molar-refractivity contribution in [3.63, 3.8) is 0 Å². The predicted molar refractivity (Wildman–Crippen MR) is 54.9 cm³/mol. The number of nitriles is 1. The number of nitrogens with zero attached hydrogens (tertiary/aromatic N) is 1. The van der Waals surface area contributed by atoms with Crippen LogP contribution in [0.2, 0.25) is 0 Å². The number of alkyl halides is 1. The quantitative estimate of drug-likeness (QED) is 0.602. The average Bonchev–Trinajstić information content (AvgIpc) is 2.17. The number of thiol groups is 1. The summed E-state index contributed by atoms with van der Waals surface area (Å²) in [6, 6.07) is 4.56. The molecule has 0 aliphatic heterocycles. The van der Waals surface area contributed by atoms with Crippen LogP contribution in [-0.2, 0) is 5.88 Å². The van der Waals surface area contributed by atoms with Gasteiger partial charge in [-0.15, -0.1) is 24.2 Å². The van der Waals surface area contributed by atoms with Crippen molar-refractivity contribution in [3.05, 3.63) is 28.8 Å². The van der Waals surface area contributed by atoms with Gasteiger partial charge in [-0.25, -0.2) is 4.79 Å². The fourth-order valence-corrected chi connectivity index (χ4v) is 1.57. The lowest BCUT2D eigenvalue weighted by Crippen LogP contribution is -1.99. The number of aromatic carboxylic acids is 1. The fourth-order valence-electron chi connectivity index (χ4n) is 1.01. The summed E-state index contributed by atoms with van der Waals surface area (Å²) >= 11 is 9.67. The standard InChI is InChI=1S/C9H6ClNO2S/c10-3-6-1-5(9(12)13)2-7(4-11)8(6)14/h1-2,14H,3H2,(H,12,13). The molecular formula is C9H6ClNO2S. The van der Waals surface area contributed by atoms with E-state index in [1.54, 1.807) is 0 Å². The third-order valence-corrected chi connectivity index (χ3v) is 2.52. The molecule has 0 amide bonds. The minimum absolute atomic E-state index is 0.0509. The monoisotopic (exact) mass is 227 g/mol. The predicted octanol–water partition coefficient (Wildman–Crippen LogP) is 2.28. The van der Waals surface area contributed by atoms with E-state index in [0.717, 1.165) is 0 Å². The van der Waals surface area contributed by atoms with Gasteiger partial charge in [0.25, 0.3) is 0 Å². The molecule has 5 heteroatoms. The summed E-state index contributed by atoms with van der Waals surface area (Å²) in [5, 5.41) is 17.4. The second-order valence-electron chi connectivity index (χ2n) is 2.58. The molecule has 0 heterocycles. The number of rotatable bonds is 2. The highest BCUT2D eigenvalue weighted by Gasteiger charge is 2.11. The Labute approximate surface area is 91.3 Å². The Morgan fingerprint density at radius 3 is 2.71 bits per heavy atom. The SMILES string of the molecule is N#Cc1cc(C(=O)O)cc(CCl)c1S. The molecule has 0 radical (unpaired) electrons. The normalized spacial score (nSPS) is 9.50. The minimum atomic E-state index is -1.08. The first-order chi connectivity index (χ1) is 6.60. The van der Waals surface area contributed by atoms with Crippen LogP contribution in [-0.4, -0.2) is 11.1 Å². The van der Waals surface area contributed by atoms with Gasteiger partial charge in [0.2, 0.25) is 0 Å². The zero-order chi connectivity index (χ0) is 10.7. The molecule has 0 saturated heterocycles. The summed E-state index contributed by atoms with van der Waals surface area (Å²) < 4.78 is 0. The van der Waals surface area contributed by atoms with Gasteiger partial charge < -0.3 is 5.11 Å². The van der Waals surface area contributed by atoms with Crippen molar-refractivity contribution >= 4 is 30.2 Å². The Balaban J connectivity index is 3.41. The molecule has 0 aliphatic rings. The zero-order valence-electron chi connectivity index (χ0n) is 6.99. The van der Waals surface area contributed by atoms with Crippen LogP contribution < -0.4 is 0 Å². The molecule has 0 bridgehead atoms. The topological polar surface area (TPSA) is 61.1 Å². The number of benzene rings is 1. The van der Waals surface area contributed by atoms with E-state index in [1.807, 2.05) is 6.07 Å². The molecule has 1 aromatic rings. The number of hydrogen-bond acceptors (Lipinski definition) is 3. The molecule has 14 heavy (non-hydrogen) atoms. The van der Waals surface area contributed by atoms with E-state index in [1.165, 1.54) is 12.1 Å². The summed E-state index contributed by atoms with van der Waals surface area (Å²) in [7, 11) is 0. The number of halogens is 1. The van der Waals surface area contributed by atoms with Crippen LogP contribution in [0.15, 0.2) is 17.0 Å². The molecule has 0 aromatic heterocycles. The summed E-state index contributed by atoms with van der Waals surface area (Å²) in [5.41, 5.74) is 0.824. The molecule has 1 rings (SSSR count). The maximum atomic E-state index is 10.7.